The van der Waals surface area contributed by atoms with E-state index in [1.54, 1.807) is 43.6 Å². The number of nitrogens with one attached hydrogen (secondary N) is 1. The van der Waals surface area contributed by atoms with Crippen LogP contribution in [0.1, 0.15) is 47.5 Å². The van der Waals surface area contributed by atoms with Crippen molar-refractivity contribution in [1.82, 2.24) is 9.88 Å². The Balaban J connectivity index is 1.15. The Labute approximate surface area is 251 Å². The van der Waals surface area contributed by atoms with Gasteiger partial charge in [0.05, 0.1) is 29.0 Å². The maximum absolute atomic E-state index is 13.5. The molecule has 1 saturated carbocycles. The van der Waals surface area contributed by atoms with Gasteiger partial charge in [-0.05, 0) is 73.2 Å². The number of benzene rings is 3. The molecule has 42 heavy (non-hydrogen) atoms. The number of rotatable bonds is 7. The molecule has 1 aliphatic heterocycles. The van der Waals surface area contributed by atoms with E-state index in [1.165, 1.54) is 43.0 Å². The average molecular weight is 605 g/mol. The van der Waals surface area contributed by atoms with Crippen molar-refractivity contribution >= 4 is 49.8 Å². The second-order valence-corrected chi connectivity index (χ2v) is 12.9. The van der Waals surface area contributed by atoms with Gasteiger partial charge in [0.1, 0.15) is 10.6 Å². The Kier molecular flexibility index (Phi) is 7.96. The maximum atomic E-state index is 13.5. The van der Waals surface area contributed by atoms with Crippen LogP contribution in [0.3, 0.4) is 0 Å². The second kappa shape index (κ2) is 11.8. The maximum Gasteiger partial charge on any atom is 0.264 e. The molecule has 218 valence electrons. The first-order valence-corrected chi connectivity index (χ1v) is 16.1. The van der Waals surface area contributed by atoms with E-state index >= 15 is 0 Å². The van der Waals surface area contributed by atoms with Gasteiger partial charge >= 0.3 is 0 Å². The number of amides is 1. The van der Waals surface area contributed by atoms with E-state index in [2.05, 4.69) is 32.8 Å². The van der Waals surface area contributed by atoms with Gasteiger partial charge in [0.25, 0.3) is 15.9 Å². The lowest BCUT2D eigenvalue weighted by Crippen LogP contribution is -2.35. The number of para-hydroxylation sites is 1. The van der Waals surface area contributed by atoms with Crippen molar-refractivity contribution < 1.29 is 17.9 Å². The van der Waals surface area contributed by atoms with Crippen LogP contribution in [-0.4, -0.2) is 57.5 Å². The number of nitrogens with zero attached hydrogens (tertiary/aromatic N) is 3. The molecular weight excluding hydrogens is 572 g/mol. The van der Waals surface area contributed by atoms with E-state index in [0.717, 1.165) is 24.4 Å². The summed E-state index contributed by atoms with van der Waals surface area (Å²) in [6, 6.07) is 19.7. The summed E-state index contributed by atoms with van der Waals surface area (Å²) in [5.41, 5.74) is 3.37. The SMILES string of the molecule is COc1cc(C2CCC2)ccc1N1CCCN(C(=O)c2ccc(NS(=O)(=O)c3cccc4cccnc34)c(Cl)c2)CC1. The highest BCUT2D eigenvalue weighted by Gasteiger charge is 2.25. The van der Waals surface area contributed by atoms with Crippen molar-refractivity contribution in [1.29, 1.82) is 0 Å². The van der Waals surface area contributed by atoms with Gasteiger partial charge in [0.2, 0.25) is 0 Å². The fraction of sp³-hybridized carbons (Fsp3) is 0.312. The summed E-state index contributed by atoms with van der Waals surface area (Å²) in [6.07, 6.45) is 6.13. The van der Waals surface area contributed by atoms with E-state index in [0.29, 0.717) is 42.0 Å². The van der Waals surface area contributed by atoms with Gasteiger partial charge in [-0.2, -0.15) is 0 Å². The fourth-order valence-electron chi connectivity index (χ4n) is 5.72. The van der Waals surface area contributed by atoms with Crippen LogP contribution in [-0.2, 0) is 10.0 Å². The lowest BCUT2D eigenvalue weighted by Gasteiger charge is -2.29. The molecule has 0 unspecified atom stereocenters. The minimum absolute atomic E-state index is 0.0558. The highest BCUT2D eigenvalue weighted by molar-refractivity contribution is 7.93. The van der Waals surface area contributed by atoms with Gasteiger partial charge < -0.3 is 14.5 Å². The summed E-state index contributed by atoms with van der Waals surface area (Å²) in [5.74, 6) is 1.37. The molecule has 0 atom stereocenters. The number of carbonyl (C=O) groups excluding carboxylic acids is 1. The Morgan fingerprint density at radius 3 is 2.57 bits per heavy atom. The van der Waals surface area contributed by atoms with Gasteiger partial charge in [-0.3, -0.25) is 14.5 Å². The van der Waals surface area contributed by atoms with Crippen LogP contribution >= 0.6 is 11.6 Å². The molecule has 4 aromatic rings. The second-order valence-electron chi connectivity index (χ2n) is 10.8. The number of halogens is 1. The van der Waals surface area contributed by atoms with Crippen LogP contribution in [0.4, 0.5) is 11.4 Å². The zero-order chi connectivity index (χ0) is 29.3. The van der Waals surface area contributed by atoms with Crippen LogP contribution in [0.25, 0.3) is 10.9 Å². The standard InChI is InChI=1S/C32H33ClN4O4S/c1-41-29-21-24(22-6-2-7-22)12-14-28(29)36-16-5-17-37(19-18-36)32(38)25-11-13-27(26(33)20-25)35-42(39,40)30-10-3-8-23-9-4-15-34-31(23)30/h3-4,8-15,20-22,35H,2,5-7,16-19H2,1H3. The van der Waals surface area contributed by atoms with E-state index in [1.807, 2.05) is 4.90 Å². The number of sulfonamides is 1. The van der Waals surface area contributed by atoms with Gasteiger partial charge in [0.15, 0.2) is 0 Å². The molecular formula is C32H33ClN4O4S. The largest absolute Gasteiger partial charge is 0.495 e. The Morgan fingerprint density at radius 2 is 1.81 bits per heavy atom. The first-order valence-electron chi connectivity index (χ1n) is 14.2. The molecule has 2 aliphatic rings. The molecule has 1 aromatic heterocycles. The molecule has 6 rings (SSSR count). The van der Waals surface area contributed by atoms with E-state index in [9.17, 15) is 13.2 Å². The summed E-state index contributed by atoms with van der Waals surface area (Å²) in [6.45, 7) is 2.65. The number of methoxy groups -OCH3 is 1. The molecule has 1 N–H and O–H groups in total. The van der Waals surface area contributed by atoms with Gasteiger partial charge in [-0.15, -0.1) is 0 Å². The van der Waals surface area contributed by atoms with Crippen LogP contribution in [0, 0.1) is 0 Å². The third-order valence-corrected chi connectivity index (χ3v) is 9.96. The molecule has 0 spiro atoms. The van der Waals surface area contributed by atoms with Crippen LogP contribution in [0.5, 0.6) is 5.75 Å². The minimum Gasteiger partial charge on any atom is -0.495 e. The number of anilines is 2. The molecule has 1 saturated heterocycles. The smallest absolute Gasteiger partial charge is 0.264 e. The predicted octanol–water partition coefficient (Wildman–Crippen LogP) is 6.32. The van der Waals surface area contributed by atoms with Crippen LogP contribution in [0.2, 0.25) is 5.02 Å². The minimum atomic E-state index is -3.97. The molecule has 2 heterocycles. The van der Waals surface area contributed by atoms with Crippen LogP contribution in [0.15, 0.2) is 77.8 Å². The fourth-order valence-corrected chi connectivity index (χ4v) is 7.26. The normalized spacial score (nSPS) is 16.1. The molecule has 2 fully saturated rings. The molecule has 3 aromatic carbocycles. The monoisotopic (exact) mass is 604 g/mol. The Morgan fingerprint density at radius 1 is 0.976 bits per heavy atom. The van der Waals surface area contributed by atoms with Crippen molar-refractivity contribution in [3.63, 3.8) is 0 Å². The van der Waals surface area contributed by atoms with Crippen molar-refractivity contribution in [2.45, 2.75) is 36.5 Å². The van der Waals surface area contributed by atoms with Crippen LogP contribution < -0.4 is 14.4 Å². The molecule has 1 amide bonds. The van der Waals surface area contributed by atoms with Gasteiger partial charge in [-0.1, -0.05) is 42.3 Å². The number of fused-ring (bicyclic) bond motifs is 1. The van der Waals surface area contributed by atoms with Gasteiger partial charge in [-0.25, -0.2) is 8.42 Å². The highest BCUT2D eigenvalue weighted by Crippen LogP contribution is 2.40. The molecule has 8 nitrogen and oxygen atoms in total. The third-order valence-electron chi connectivity index (χ3n) is 8.25. The average Bonchev–Trinajstić information content (AvgIpc) is 3.23. The van der Waals surface area contributed by atoms with Crippen molar-refractivity contribution in [2.24, 2.45) is 0 Å². The van der Waals surface area contributed by atoms with Crippen molar-refractivity contribution in [3.8, 4) is 5.75 Å². The number of ether oxygens (including phenoxy) is 1. The lowest BCUT2D eigenvalue weighted by atomic mass is 9.80. The van der Waals surface area contributed by atoms with E-state index < -0.39 is 10.0 Å². The number of pyridine rings is 1. The zero-order valence-electron chi connectivity index (χ0n) is 23.4. The quantitative estimate of drug-likeness (QED) is 0.265. The molecule has 0 bridgehead atoms. The highest BCUT2D eigenvalue weighted by atomic mass is 35.5. The molecule has 1 aliphatic carbocycles. The number of hydrogen-bond acceptors (Lipinski definition) is 6. The predicted molar refractivity (Wildman–Crippen MR) is 166 cm³/mol. The Bertz CT molecular complexity index is 1740. The number of aromatic nitrogens is 1. The summed E-state index contributed by atoms with van der Waals surface area (Å²) in [5, 5.41) is 0.859. The van der Waals surface area contributed by atoms with Crippen molar-refractivity contribution in [2.75, 3.05) is 42.9 Å². The molecule has 10 heteroatoms. The molecule has 0 radical (unpaired) electrons. The summed E-state index contributed by atoms with van der Waals surface area (Å²) in [7, 11) is -2.26. The first kappa shape index (κ1) is 28.3. The summed E-state index contributed by atoms with van der Waals surface area (Å²) in [4.78, 5) is 21.9. The van der Waals surface area contributed by atoms with E-state index in [-0.39, 0.29) is 21.5 Å². The summed E-state index contributed by atoms with van der Waals surface area (Å²) < 4.78 is 34.8. The number of hydrogen-bond donors (Lipinski definition) is 1. The summed E-state index contributed by atoms with van der Waals surface area (Å²) >= 11 is 6.51. The Hall–Kier alpha value is -3.82. The topological polar surface area (TPSA) is 91.8 Å². The lowest BCUT2D eigenvalue weighted by molar-refractivity contribution is 0.0767. The van der Waals surface area contributed by atoms with Crippen molar-refractivity contribution in [3.05, 3.63) is 89.1 Å². The third kappa shape index (κ3) is 5.63. The first-order chi connectivity index (χ1) is 20.3. The van der Waals surface area contributed by atoms with Gasteiger partial charge in [0, 0.05) is 43.3 Å². The zero-order valence-corrected chi connectivity index (χ0v) is 25.0. The van der Waals surface area contributed by atoms with E-state index in [4.69, 9.17) is 16.3 Å². The number of carbonyl (C=O) groups is 1.